The van der Waals surface area contributed by atoms with Crippen molar-refractivity contribution in [3.63, 3.8) is 0 Å². The molecule has 6 heteroatoms. The molecule has 0 aliphatic rings. The number of ether oxygens (including phenoxy) is 1. The number of amides is 2. The van der Waals surface area contributed by atoms with Crippen molar-refractivity contribution in [2.45, 2.75) is 12.8 Å². The summed E-state index contributed by atoms with van der Waals surface area (Å²) in [5.74, 6) is 0.587. The van der Waals surface area contributed by atoms with E-state index in [2.05, 4.69) is 10.6 Å². The average Bonchev–Trinajstić information content (AvgIpc) is 3.06. The Morgan fingerprint density at radius 3 is 2.50 bits per heavy atom. The third-order valence-electron chi connectivity index (χ3n) is 4.73. The molecule has 0 bridgehead atoms. The lowest BCUT2D eigenvalue weighted by atomic mass is 10.1. The highest BCUT2D eigenvalue weighted by Crippen LogP contribution is 2.19. The van der Waals surface area contributed by atoms with Crippen molar-refractivity contribution in [3.05, 3.63) is 65.9 Å². The molecule has 1 heterocycles. The number of fused-ring (bicyclic) bond motifs is 1. The third kappa shape index (κ3) is 4.52. The van der Waals surface area contributed by atoms with Gasteiger partial charge in [0.05, 0.1) is 7.11 Å². The monoisotopic (exact) mass is 379 g/mol. The molecule has 0 fully saturated rings. The number of para-hydroxylation sites is 2. The Kier molecular flexibility index (Phi) is 6.32. The number of methoxy groups -OCH3 is 1. The second-order valence-corrected chi connectivity index (χ2v) is 6.57. The number of nitrogens with zero attached hydrogens (tertiary/aromatic N) is 1. The fraction of sp³-hybridized carbons (Fsp3) is 0.273. The van der Waals surface area contributed by atoms with Gasteiger partial charge in [-0.3, -0.25) is 9.59 Å². The highest BCUT2D eigenvalue weighted by molar-refractivity contribution is 5.98. The molecule has 2 N–H and O–H groups in total. The van der Waals surface area contributed by atoms with Crippen molar-refractivity contribution in [1.29, 1.82) is 0 Å². The molecular formula is C22H25N3O3. The number of carbonyl (C=O) groups excluding carboxylic acids is 2. The van der Waals surface area contributed by atoms with Crippen molar-refractivity contribution in [2.24, 2.45) is 7.05 Å². The Balaban J connectivity index is 1.43. The van der Waals surface area contributed by atoms with Gasteiger partial charge in [0.25, 0.3) is 5.91 Å². The molecule has 1 aromatic heterocycles. The first kappa shape index (κ1) is 19.5. The molecule has 2 amide bonds. The molecule has 6 nitrogen and oxygen atoms in total. The summed E-state index contributed by atoms with van der Waals surface area (Å²) in [6.07, 6.45) is 0.982. The van der Waals surface area contributed by atoms with Crippen molar-refractivity contribution in [1.82, 2.24) is 15.2 Å². The molecule has 2 aromatic carbocycles. The molecule has 0 unspecified atom stereocenters. The van der Waals surface area contributed by atoms with E-state index in [1.807, 2.05) is 66.2 Å². The minimum Gasteiger partial charge on any atom is -0.496 e. The first-order valence-corrected chi connectivity index (χ1v) is 9.31. The van der Waals surface area contributed by atoms with E-state index >= 15 is 0 Å². The van der Waals surface area contributed by atoms with Crippen LogP contribution in [0, 0.1) is 0 Å². The van der Waals surface area contributed by atoms with Crippen molar-refractivity contribution in [2.75, 3.05) is 20.2 Å². The van der Waals surface area contributed by atoms with Gasteiger partial charge in [-0.25, -0.2) is 0 Å². The van der Waals surface area contributed by atoms with Crippen LogP contribution >= 0.6 is 0 Å². The van der Waals surface area contributed by atoms with Crippen LogP contribution in [0.25, 0.3) is 10.9 Å². The van der Waals surface area contributed by atoms with Crippen LogP contribution in [0.1, 0.15) is 22.5 Å². The van der Waals surface area contributed by atoms with Gasteiger partial charge in [-0.05, 0) is 30.2 Å². The first-order chi connectivity index (χ1) is 13.6. The van der Waals surface area contributed by atoms with Gasteiger partial charge < -0.3 is 19.9 Å². The molecule has 0 saturated heterocycles. The summed E-state index contributed by atoms with van der Waals surface area (Å²) < 4.78 is 7.17. The van der Waals surface area contributed by atoms with Gasteiger partial charge >= 0.3 is 0 Å². The zero-order valence-corrected chi connectivity index (χ0v) is 16.2. The number of aromatic nitrogens is 1. The second kappa shape index (κ2) is 9.08. The summed E-state index contributed by atoms with van der Waals surface area (Å²) in [5, 5.41) is 6.72. The van der Waals surface area contributed by atoms with E-state index in [1.54, 1.807) is 7.11 Å². The Morgan fingerprint density at radius 2 is 1.71 bits per heavy atom. The lowest BCUT2D eigenvalue weighted by molar-refractivity contribution is -0.121. The highest BCUT2D eigenvalue weighted by Gasteiger charge is 2.12. The maximum absolute atomic E-state index is 12.4. The van der Waals surface area contributed by atoms with E-state index in [0.717, 1.165) is 22.2 Å². The summed E-state index contributed by atoms with van der Waals surface area (Å²) in [6, 6.07) is 17.4. The van der Waals surface area contributed by atoms with Gasteiger partial charge in [-0.15, -0.1) is 0 Å². The maximum Gasteiger partial charge on any atom is 0.267 e. The fourth-order valence-corrected chi connectivity index (χ4v) is 3.22. The summed E-state index contributed by atoms with van der Waals surface area (Å²) in [4.78, 5) is 24.4. The predicted octanol–water partition coefficient (Wildman–Crippen LogP) is 2.67. The lowest BCUT2D eigenvalue weighted by Gasteiger charge is -2.09. The summed E-state index contributed by atoms with van der Waals surface area (Å²) >= 11 is 0. The van der Waals surface area contributed by atoms with Crippen LogP contribution in [0.3, 0.4) is 0 Å². The molecule has 0 atom stereocenters. The van der Waals surface area contributed by atoms with Crippen LogP contribution in [0.15, 0.2) is 54.6 Å². The summed E-state index contributed by atoms with van der Waals surface area (Å²) in [7, 11) is 3.49. The number of aryl methyl sites for hydroxylation is 2. The van der Waals surface area contributed by atoms with E-state index in [0.29, 0.717) is 31.6 Å². The Labute approximate surface area is 164 Å². The quantitative estimate of drug-likeness (QED) is 0.591. The van der Waals surface area contributed by atoms with E-state index in [-0.39, 0.29) is 11.8 Å². The SMILES string of the molecule is COc1ccccc1CCC(=O)NCCNC(=O)c1cc2ccccc2n1C. The Hall–Kier alpha value is -3.28. The number of nitrogens with one attached hydrogen (secondary N) is 2. The molecule has 3 aromatic rings. The third-order valence-corrected chi connectivity index (χ3v) is 4.73. The number of carbonyl (C=O) groups is 2. The molecule has 0 saturated carbocycles. The van der Waals surface area contributed by atoms with Crippen LogP contribution in [-0.2, 0) is 18.3 Å². The first-order valence-electron chi connectivity index (χ1n) is 9.31. The minimum absolute atomic E-state index is 0.0511. The van der Waals surface area contributed by atoms with E-state index < -0.39 is 0 Å². The Bertz CT molecular complexity index is 978. The standard InChI is InChI=1S/C22H25N3O3/c1-25-18-9-5-3-8-17(18)15-19(25)22(27)24-14-13-23-21(26)12-11-16-7-4-6-10-20(16)28-2/h3-10,15H,11-14H2,1-2H3,(H,23,26)(H,24,27). The zero-order valence-electron chi connectivity index (χ0n) is 16.2. The van der Waals surface area contributed by atoms with Crippen molar-refractivity contribution >= 4 is 22.7 Å². The lowest BCUT2D eigenvalue weighted by Crippen LogP contribution is -2.35. The number of benzene rings is 2. The normalized spacial score (nSPS) is 10.6. The smallest absolute Gasteiger partial charge is 0.267 e. The van der Waals surface area contributed by atoms with Crippen molar-refractivity contribution < 1.29 is 14.3 Å². The summed E-state index contributed by atoms with van der Waals surface area (Å²) in [6.45, 7) is 0.765. The van der Waals surface area contributed by atoms with Gasteiger partial charge in [0, 0.05) is 37.5 Å². The van der Waals surface area contributed by atoms with Crippen LogP contribution in [0.4, 0.5) is 0 Å². The molecule has 0 radical (unpaired) electrons. The highest BCUT2D eigenvalue weighted by atomic mass is 16.5. The molecule has 0 spiro atoms. The molecule has 146 valence electrons. The van der Waals surface area contributed by atoms with Crippen LogP contribution in [0.5, 0.6) is 5.75 Å². The van der Waals surface area contributed by atoms with Crippen LogP contribution < -0.4 is 15.4 Å². The van der Waals surface area contributed by atoms with Crippen molar-refractivity contribution in [3.8, 4) is 5.75 Å². The number of rotatable bonds is 8. The number of hydrogen-bond acceptors (Lipinski definition) is 3. The van der Waals surface area contributed by atoms with Gasteiger partial charge in [0.15, 0.2) is 0 Å². The molecule has 3 rings (SSSR count). The van der Waals surface area contributed by atoms with Crippen LogP contribution in [-0.4, -0.2) is 36.6 Å². The van der Waals surface area contributed by atoms with Gasteiger partial charge in [-0.2, -0.15) is 0 Å². The van der Waals surface area contributed by atoms with Gasteiger partial charge in [-0.1, -0.05) is 36.4 Å². The Morgan fingerprint density at radius 1 is 1.00 bits per heavy atom. The molecule has 28 heavy (non-hydrogen) atoms. The fourth-order valence-electron chi connectivity index (χ4n) is 3.22. The summed E-state index contributed by atoms with van der Waals surface area (Å²) in [5.41, 5.74) is 2.62. The predicted molar refractivity (Wildman–Crippen MR) is 110 cm³/mol. The minimum atomic E-state index is -0.151. The second-order valence-electron chi connectivity index (χ2n) is 6.57. The van der Waals surface area contributed by atoms with E-state index in [4.69, 9.17) is 4.74 Å². The maximum atomic E-state index is 12.4. The number of hydrogen-bond donors (Lipinski definition) is 2. The largest absolute Gasteiger partial charge is 0.496 e. The van der Waals surface area contributed by atoms with Gasteiger partial charge in [0.1, 0.15) is 11.4 Å². The zero-order chi connectivity index (χ0) is 19.9. The van der Waals surface area contributed by atoms with Gasteiger partial charge in [0.2, 0.25) is 5.91 Å². The average molecular weight is 379 g/mol. The molecular weight excluding hydrogens is 354 g/mol. The van der Waals surface area contributed by atoms with Crippen LogP contribution in [0.2, 0.25) is 0 Å². The van der Waals surface area contributed by atoms with E-state index in [1.165, 1.54) is 0 Å². The van der Waals surface area contributed by atoms with E-state index in [9.17, 15) is 9.59 Å². The molecule has 0 aliphatic carbocycles. The topological polar surface area (TPSA) is 72.4 Å². The molecule has 0 aliphatic heterocycles.